The number of aromatic amines is 1. The molecule has 0 spiro atoms. The van der Waals surface area contributed by atoms with Crippen LogP contribution < -0.4 is 11.4 Å². The highest BCUT2D eigenvalue weighted by molar-refractivity contribution is 6.32. The molecule has 1 N–H and O–H groups in total. The highest BCUT2D eigenvalue weighted by atomic mass is 35.5. The second kappa shape index (κ2) is 16.0. The molecule has 68 heavy (non-hydrogen) atoms. The maximum Gasteiger partial charge on any atom is 0.438 e. The van der Waals surface area contributed by atoms with Crippen molar-refractivity contribution >= 4 is 39.3 Å². The minimum Gasteiger partial charge on any atom is -0.383 e. The molecule has 1 saturated heterocycles. The van der Waals surface area contributed by atoms with E-state index in [1.807, 2.05) is 48.4 Å². The molecule has 0 bridgehead atoms. The topological polar surface area (TPSA) is 165 Å². The first-order chi connectivity index (χ1) is 32.6. The van der Waals surface area contributed by atoms with Gasteiger partial charge in [0, 0.05) is 60.6 Å². The number of halogens is 2. The van der Waals surface area contributed by atoms with Crippen LogP contribution in [0, 0.1) is 25.6 Å². The van der Waals surface area contributed by atoms with Gasteiger partial charge in [-0.05, 0) is 125 Å². The number of aromatic nitrogens is 9. The molecule has 4 atom stereocenters. The molecule has 1 aliphatic carbocycles. The number of amides is 1. The minimum atomic E-state index is -0.845. The lowest BCUT2D eigenvalue weighted by Crippen LogP contribution is -2.41. The standard InChI is InChI=1S/C50H52ClFN10O6/c1-27-20-34(21-28(2)42(27)51)62-44(59-16-15-58(48(59)65)39-11-10-38-35(43(39)52)26-53-60(38)17-19-66-7)41-30(4)57(14-12-36(41)55-62)45(63)40-23-33-22-31(32-13-18-67-49(5,6)25-32)8-9-37(33)61(40)50(24-29(50)3)46-54-47(64)68-56-46/h8-11,15-16,20-23,26,29-30,32H,12-14,17-19,24-25H2,1-7H3,(H,54,56,64)/t29-,30-,32-,50-/m0/s1. The molecular weight excluding hydrogens is 891 g/mol. The summed E-state index contributed by atoms with van der Waals surface area (Å²) in [5.41, 5.74) is 5.16. The Bertz CT molecular complexity index is 3440. The smallest absolute Gasteiger partial charge is 0.383 e. The van der Waals surface area contributed by atoms with Crippen LogP contribution in [0.25, 0.3) is 39.0 Å². The maximum atomic E-state index is 16.4. The third-order valence-corrected chi connectivity index (χ3v) is 15.2. The van der Waals surface area contributed by atoms with Gasteiger partial charge in [0.15, 0.2) is 11.6 Å². The number of nitrogens with one attached hydrogen (secondary N) is 1. The molecule has 18 heteroatoms. The van der Waals surface area contributed by atoms with E-state index in [2.05, 4.69) is 54.2 Å². The van der Waals surface area contributed by atoms with E-state index in [9.17, 15) is 9.59 Å². The van der Waals surface area contributed by atoms with Gasteiger partial charge in [-0.2, -0.15) is 10.2 Å². The predicted molar refractivity (Wildman–Crippen MR) is 253 cm³/mol. The van der Waals surface area contributed by atoms with Crippen molar-refractivity contribution in [2.75, 3.05) is 26.9 Å². The second-order valence-electron chi connectivity index (χ2n) is 19.4. The van der Waals surface area contributed by atoms with Gasteiger partial charge in [0.05, 0.1) is 59.0 Å². The van der Waals surface area contributed by atoms with Crippen molar-refractivity contribution in [2.24, 2.45) is 5.92 Å². The van der Waals surface area contributed by atoms with Gasteiger partial charge in [-0.15, -0.1) is 0 Å². The third-order valence-electron chi connectivity index (χ3n) is 14.6. The fourth-order valence-corrected chi connectivity index (χ4v) is 11.2. The lowest BCUT2D eigenvalue weighted by Gasteiger charge is -2.35. The van der Waals surface area contributed by atoms with Gasteiger partial charge >= 0.3 is 11.4 Å². The molecule has 2 fully saturated rings. The molecule has 352 valence electrons. The number of benzene rings is 3. The molecular formula is C50H52ClFN10O6. The average molecular weight is 943 g/mol. The van der Waals surface area contributed by atoms with E-state index in [1.165, 1.54) is 20.9 Å². The number of nitrogens with zero attached hydrogens (tertiary/aromatic N) is 9. The van der Waals surface area contributed by atoms with Crippen molar-refractivity contribution < 1.29 is 23.2 Å². The van der Waals surface area contributed by atoms with Gasteiger partial charge in [-0.25, -0.2) is 18.7 Å². The van der Waals surface area contributed by atoms with Crippen LogP contribution in [0.15, 0.2) is 81.2 Å². The van der Waals surface area contributed by atoms with Crippen molar-refractivity contribution in [3.8, 4) is 17.2 Å². The van der Waals surface area contributed by atoms with Gasteiger partial charge in [0.25, 0.3) is 5.91 Å². The summed E-state index contributed by atoms with van der Waals surface area (Å²) in [4.78, 5) is 47.6. The molecule has 8 aromatic rings. The third kappa shape index (κ3) is 6.83. The predicted octanol–water partition coefficient (Wildman–Crippen LogP) is 8.07. The Morgan fingerprint density at radius 2 is 1.76 bits per heavy atom. The minimum absolute atomic E-state index is 0.0103. The largest absolute Gasteiger partial charge is 0.438 e. The molecule has 3 aliphatic rings. The van der Waals surface area contributed by atoms with Crippen LogP contribution in [-0.4, -0.2) is 86.7 Å². The summed E-state index contributed by atoms with van der Waals surface area (Å²) in [6.45, 7) is 13.9. The molecule has 16 nitrogen and oxygen atoms in total. The Hall–Kier alpha value is -6.56. The monoisotopic (exact) mass is 942 g/mol. The molecule has 2 aliphatic heterocycles. The fraction of sp³-hybridized carbons (Fsp3) is 0.400. The molecule has 11 rings (SSSR count). The molecule has 0 radical (unpaired) electrons. The Morgan fingerprint density at radius 3 is 2.47 bits per heavy atom. The van der Waals surface area contributed by atoms with E-state index < -0.39 is 28.8 Å². The fourth-order valence-electron chi connectivity index (χ4n) is 11.1. The Morgan fingerprint density at radius 1 is 1.01 bits per heavy atom. The van der Waals surface area contributed by atoms with Crippen molar-refractivity contribution in [1.29, 1.82) is 0 Å². The van der Waals surface area contributed by atoms with Gasteiger partial charge < -0.3 is 18.9 Å². The summed E-state index contributed by atoms with van der Waals surface area (Å²) in [5, 5.41) is 15.5. The number of fused-ring (bicyclic) bond motifs is 3. The number of methoxy groups -OCH3 is 1. The zero-order valence-corrected chi connectivity index (χ0v) is 39.7. The zero-order chi connectivity index (χ0) is 47.6. The van der Waals surface area contributed by atoms with Crippen molar-refractivity contribution in [3.63, 3.8) is 0 Å². The summed E-state index contributed by atoms with van der Waals surface area (Å²) in [6, 6.07) is 14.9. The van der Waals surface area contributed by atoms with E-state index in [0.29, 0.717) is 78.3 Å². The number of H-pyrrole nitrogens is 1. The molecule has 5 aromatic heterocycles. The van der Waals surface area contributed by atoms with Crippen LogP contribution in [-0.2, 0) is 28.0 Å². The Balaban J connectivity index is 1.04. The van der Waals surface area contributed by atoms with Crippen LogP contribution in [0.1, 0.15) is 103 Å². The van der Waals surface area contributed by atoms with Crippen LogP contribution in [0.5, 0.6) is 0 Å². The number of carbonyl (C=O) groups is 1. The van der Waals surface area contributed by atoms with Crippen molar-refractivity contribution in [2.45, 2.75) is 96.9 Å². The number of carbonyl (C=O) groups excluding carboxylic acids is 1. The number of rotatable bonds is 10. The van der Waals surface area contributed by atoms with Crippen molar-refractivity contribution in [3.05, 3.63) is 138 Å². The van der Waals surface area contributed by atoms with E-state index in [0.717, 1.165) is 40.6 Å². The highest BCUT2D eigenvalue weighted by Gasteiger charge is 2.59. The van der Waals surface area contributed by atoms with Crippen LogP contribution in [0.3, 0.4) is 0 Å². The molecule has 3 aromatic carbocycles. The Labute approximate surface area is 394 Å². The normalized spacial score (nSPS) is 21.2. The van der Waals surface area contributed by atoms with E-state index in [1.54, 1.807) is 41.0 Å². The van der Waals surface area contributed by atoms with Crippen molar-refractivity contribution in [1.82, 2.24) is 48.3 Å². The molecule has 0 unspecified atom stereocenters. The van der Waals surface area contributed by atoms with Crippen LogP contribution in [0.2, 0.25) is 5.02 Å². The van der Waals surface area contributed by atoms with E-state index >= 15 is 9.18 Å². The van der Waals surface area contributed by atoms with Crippen LogP contribution >= 0.6 is 11.6 Å². The summed E-state index contributed by atoms with van der Waals surface area (Å²) in [6.07, 6.45) is 7.36. The molecule has 1 saturated carbocycles. The SMILES string of the molecule is COCCn1ncc2c(F)c(-n3ccn(-c4c5c(nn4-c4cc(C)c(Cl)c(C)c4)CCN(C(=O)c4cc6cc([C@H]7CCOC(C)(C)C7)ccc6n4[C@@]4(c6noc(=O)[nH]6)C[C@@H]4C)[C@H]5C)c3=O)ccc21. The van der Waals surface area contributed by atoms with E-state index in [4.69, 9.17) is 30.7 Å². The van der Waals surface area contributed by atoms with Crippen LogP contribution in [0.4, 0.5) is 4.39 Å². The number of hydrogen-bond acceptors (Lipinski definition) is 9. The molecule has 1 amide bonds. The van der Waals surface area contributed by atoms with Gasteiger partial charge in [-0.3, -0.25) is 28.1 Å². The number of imidazole rings is 1. The Kier molecular flexibility index (Phi) is 10.4. The van der Waals surface area contributed by atoms with Gasteiger partial charge in [-0.1, -0.05) is 29.7 Å². The number of hydrogen-bond donors (Lipinski definition) is 1. The average Bonchev–Trinajstić information content (AvgIpc) is 3.96. The summed E-state index contributed by atoms with van der Waals surface area (Å²) in [7, 11) is 1.59. The first-order valence-electron chi connectivity index (χ1n) is 23.1. The second-order valence-corrected chi connectivity index (χ2v) is 19.8. The first-order valence-corrected chi connectivity index (χ1v) is 23.5. The summed E-state index contributed by atoms with van der Waals surface area (Å²) in [5.74, 6) is -0.425. The van der Waals surface area contributed by atoms with E-state index in [-0.39, 0.29) is 34.4 Å². The quantitative estimate of drug-likeness (QED) is 0.143. The molecule has 7 heterocycles. The van der Waals surface area contributed by atoms with Gasteiger partial charge in [0.2, 0.25) is 0 Å². The first kappa shape index (κ1) is 44.0. The summed E-state index contributed by atoms with van der Waals surface area (Å²) < 4.78 is 41.0. The lowest BCUT2D eigenvalue weighted by atomic mass is 9.83. The summed E-state index contributed by atoms with van der Waals surface area (Å²) >= 11 is 6.68. The highest BCUT2D eigenvalue weighted by Crippen LogP contribution is 2.56. The van der Waals surface area contributed by atoms with Gasteiger partial charge in [0.1, 0.15) is 17.1 Å². The lowest BCUT2D eigenvalue weighted by molar-refractivity contribution is -0.0592. The maximum absolute atomic E-state index is 16.4. The number of aryl methyl sites for hydroxylation is 2. The zero-order valence-electron chi connectivity index (χ0n) is 39.0. The number of ether oxygens (including phenoxy) is 2.